The quantitative estimate of drug-likeness (QED) is 0.846. The van der Waals surface area contributed by atoms with Gasteiger partial charge in [-0.15, -0.1) is 0 Å². The molecule has 0 spiro atoms. The Balaban J connectivity index is 2.51. The Morgan fingerprint density at radius 2 is 1.88 bits per heavy atom. The molecule has 0 saturated carbocycles. The zero-order valence-electron chi connectivity index (χ0n) is 8.94. The number of aliphatic carboxylic acids is 1. The Bertz CT molecular complexity index is 384. The Morgan fingerprint density at radius 3 is 2.38 bits per heavy atom. The van der Waals surface area contributed by atoms with Gasteiger partial charge in [-0.05, 0) is 30.0 Å². The Morgan fingerprint density at radius 1 is 1.31 bits per heavy atom. The summed E-state index contributed by atoms with van der Waals surface area (Å²) in [5.74, 6) is -2.02. The number of carbonyl (C=O) groups is 2. The molecule has 0 aromatic heterocycles. The zero-order valence-corrected chi connectivity index (χ0v) is 10.5. The highest BCUT2D eigenvalue weighted by molar-refractivity contribution is 9.10. The number of ketones is 1. The molecule has 4 heteroatoms. The fourth-order valence-electron chi connectivity index (χ4n) is 1.50. The molecule has 0 fully saturated rings. The summed E-state index contributed by atoms with van der Waals surface area (Å²) in [6.07, 6.45) is 0.803. The highest BCUT2D eigenvalue weighted by Crippen LogP contribution is 2.15. The van der Waals surface area contributed by atoms with Crippen molar-refractivity contribution in [1.82, 2.24) is 0 Å². The van der Waals surface area contributed by atoms with Crippen molar-refractivity contribution in [2.75, 3.05) is 0 Å². The minimum absolute atomic E-state index is 0.0461. The average molecular weight is 285 g/mol. The summed E-state index contributed by atoms with van der Waals surface area (Å²) in [6.45, 7) is 1.88. The van der Waals surface area contributed by atoms with Gasteiger partial charge in [0.25, 0.3) is 0 Å². The van der Waals surface area contributed by atoms with E-state index in [4.69, 9.17) is 5.11 Å². The van der Waals surface area contributed by atoms with Crippen LogP contribution < -0.4 is 0 Å². The molecule has 0 saturated heterocycles. The summed E-state index contributed by atoms with van der Waals surface area (Å²) >= 11 is 3.34. The number of Topliss-reactive ketones (excluding diaryl/α,β-unsaturated/α-hetero) is 1. The summed E-state index contributed by atoms with van der Waals surface area (Å²) in [5.41, 5.74) is 1.11. The lowest BCUT2D eigenvalue weighted by molar-refractivity contribution is -0.149. The summed E-state index contributed by atoms with van der Waals surface area (Å²) in [6, 6.07) is 7.79. The van der Waals surface area contributed by atoms with E-state index in [1.165, 1.54) is 0 Å². The van der Waals surface area contributed by atoms with Crippen LogP contribution in [0.3, 0.4) is 0 Å². The fourth-order valence-corrected chi connectivity index (χ4v) is 1.76. The van der Waals surface area contributed by atoms with E-state index < -0.39 is 11.8 Å². The normalized spacial score (nSPS) is 12.1. The smallest absolute Gasteiger partial charge is 0.372 e. The zero-order chi connectivity index (χ0) is 12.1. The Labute approximate surface area is 103 Å². The van der Waals surface area contributed by atoms with Crippen molar-refractivity contribution in [3.05, 3.63) is 34.3 Å². The number of halogens is 1. The van der Waals surface area contributed by atoms with Crippen LogP contribution in [-0.2, 0) is 16.0 Å². The summed E-state index contributed by atoms with van der Waals surface area (Å²) in [5, 5.41) is 8.48. The van der Waals surface area contributed by atoms with Crippen LogP contribution in [0.15, 0.2) is 28.7 Å². The van der Waals surface area contributed by atoms with Crippen LogP contribution in [0.1, 0.15) is 18.9 Å². The van der Waals surface area contributed by atoms with E-state index in [2.05, 4.69) is 15.9 Å². The summed E-state index contributed by atoms with van der Waals surface area (Å²) in [4.78, 5) is 21.4. The average Bonchev–Trinajstić information content (AvgIpc) is 2.21. The van der Waals surface area contributed by atoms with Crippen molar-refractivity contribution < 1.29 is 14.7 Å². The molecule has 1 N–H and O–H groups in total. The van der Waals surface area contributed by atoms with Crippen molar-refractivity contribution in [1.29, 1.82) is 0 Å². The van der Waals surface area contributed by atoms with Crippen LogP contribution >= 0.6 is 15.9 Å². The van der Waals surface area contributed by atoms with Gasteiger partial charge in [0, 0.05) is 10.9 Å². The van der Waals surface area contributed by atoms with E-state index in [-0.39, 0.29) is 12.3 Å². The van der Waals surface area contributed by atoms with Crippen LogP contribution in [0, 0.1) is 5.92 Å². The predicted octanol–water partition coefficient (Wildman–Crippen LogP) is 2.67. The van der Waals surface area contributed by atoms with E-state index in [1.54, 1.807) is 0 Å². The van der Waals surface area contributed by atoms with Gasteiger partial charge in [-0.2, -0.15) is 0 Å². The Hall–Kier alpha value is -1.16. The molecule has 16 heavy (non-hydrogen) atoms. The second kappa shape index (κ2) is 5.80. The Kier molecular flexibility index (Phi) is 4.68. The molecule has 1 aromatic carbocycles. The second-order valence-electron chi connectivity index (χ2n) is 3.87. The van der Waals surface area contributed by atoms with Gasteiger partial charge < -0.3 is 5.11 Å². The third-order valence-electron chi connectivity index (χ3n) is 2.27. The minimum Gasteiger partial charge on any atom is -0.476 e. The molecule has 0 radical (unpaired) electrons. The molecule has 1 unspecified atom stereocenters. The number of rotatable bonds is 5. The van der Waals surface area contributed by atoms with Gasteiger partial charge in [-0.1, -0.05) is 35.0 Å². The molecule has 0 aliphatic carbocycles. The highest BCUT2D eigenvalue weighted by atomic mass is 79.9. The van der Waals surface area contributed by atoms with Crippen LogP contribution in [0.4, 0.5) is 0 Å². The second-order valence-corrected chi connectivity index (χ2v) is 4.78. The van der Waals surface area contributed by atoms with Gasteiger partial charge in [0.05, 0.1) is 0 Å². The van der Waals surface area contributed by atoms with E-state index in [0.29, 0.717) is 6.42 Å². The van der Waals surface area contributed by atoms with Crippen LogP contribution in [0.5, 0.6) is 0 Å². The molecule has 1 atom stereocenters. The van der Waals surface area contributed by atoms with Gasteiger partial charge in [0.1, 0.15) is 0 Å². The van der Waals surface area contributed by atoms with Gasteiger partial charge in [-0.25, -0.2) is 4.79 Å². The maximum atomic E-state index is 11.0. The molecule has 1 aromatic rings. The molecule has 0 aliphatic rings. The molecule has 1 rings (SSSR count). The third kappa shape index (κ3) is 4.14. The molecular formula is C12H13BrO3. The fraction of sp³-hybridized carbons (Fsp3) is 0.333. The topological polar surface area (TPSA) is 54.4 Å². The van der Waals surface area contributed by atoms with Crippen molar-refractivity contribution in [3.63, 3.8) is 0 Å². The number of benzene rings is 1. The lowest BCUT2D eigenvalue weighted by Gasteiger charge is -2.09. The first-order valence-corrected chi connectivity index (χ1v) is 5.79. The van der Waals surface area contributed by atoms with E-state index >= 15 is 0 Å². The maximum Gasteiger partial charge on any atom is 0.372 e. The first-order valence-electron chi connectivity index (χ1n) is 4.99. The van der Waals surface area contributed by atoms with Crippen LogP contribution in [0.25, 0.3) is 0 Å². The summed E-state index contributed by atoms with van der Waals surface area (Å²) in [7, 11) is 0. The predicted molar refractivity (Wildman–Crippen MR) is 64.3 cm³/mol. The third-order valence-corrected chi connectivity index (χ3v) is 2.80. The SMILES string of the molecule is CC(CC(=O)C(=O)O)Cc1ccc(Br)cc1. The monoisotopic (exact) mass is 284 g/mol. The first-order chi connectivity index (χ1) is 7.49. The molecule has 0 amide bonds. The number of hydrogen-bond donors (Lipinski definition) is 1. The van der Waals surface area contributed by atoms with Crippen LogP contribution in [-0.4, -0.2) is 16.9 Å². The lowest BCUT2D eigenvalue weighted by atomic mass is 9.96. The van der Waals surface area contributed by atoms with Crippen molar-refractivity contribution in [2.45, 2.75) is 19.8 Å². The molecule has 0 heterocycles. The van der Waals surface area contributed by atoms with E-state index in [0.717, 1.165) is 10.0 Å². The van der Waals surface area contributed by atoms with E-state index in [9.17, 15) is 9.59 Å². The van der Waals surface area contributed by atoms with E-state index in [1.807, 2.05) is 31.2 Å². The molecular weight excluding hydrogens is 272 g/mol. The van der Waals surface area contributed by atoms with Gasteiger partial charge >= 0.3 is 5.97 Å². The lowest BCUT2D eigenvalue weighted by Crippen LogP contribution is -2.16. The maximum absolute atomic E-state index is 11.0. The number of carbonyl (C=O) groups excluding carboxylic acids is 1. The molecule has 0 aliphatic heterocycles. The summed E-state index contributed by atoms with van der Waals surface area (Å²) < 4.78 is 1.01. The highest BCUT2D eigenvalue weighted by Gasteiger charge is 2.15. The largest absolute Gasteiger partial charge is 0.476 e. The van der Waals surface area contributed by atoms with Gasteiger partial charge in [-0.3, -0.25) is 4.79 Å². The van der Waals surface area contributed by atoms with Crippen molar-refractivity contribution >= 4 is 27.7 Å². The standard InChI is InChI=1S/C12H13BrO3/c1-8(7-11(14)12(15)16)6-9-2-4-10(13)5-3-9/h2-5,8H,6-7H2,1H3,(H,15,16). The van der Waals surface area contributed by atoms with Gasteiger partial charge in [0.2, 0.25) is 5.78 Å². The number of hydrogen-bond acceptors (Lipinski definition) is 2. The number of carboxylic acids is 1. The molecule has 86 valence electrons. The number of carboxylic acid groups (broad SMARTS) is 1. The minimum atomic E-state index is -1.34. The van der Waals surface area contributed by atoms with Crippen molar-refractivity contribution in [2.24, 2.45) is 5.92 Å². The van der Waals surface area contributed by atoms with Gasteiger partial charge in [0.15, 0.2) is 0 Å². The molecule has 0 bridgehead atoms. The first kappa shape index (κ1) is 12.9. The van der Waals surface area contributed by atoms with Crippen molar-refractivity contribution in [3.8, 4) is 0 Å². The van der Waals surface area contributed by atoms with Crippen LogP contribution in [0.2, 0.25) is 0 Å². The molecule has 3 nitrogen and oxygen atoms in total.